The van der Waals surface area contributed by atoms with Crippen LogP contribution in [0.1, 0.15) is 6.42 Å². The van der Waals surface area contributed by atoms with Crippen LogP contribution in [0.15, 0.2) is 18.2 Å². The molecule has 6 heteroatoms. The highest BCUT2D eigenvalue weighted by Crippen LogP contribution is 2.31. The Balaban J connectivity index is 2.64. The molecule has 1 aromatic rings. The van der Waals surface area contributed by atoms with Crippen molar-refractivity contribution in [3.05, 3.63) is 33.3 Å². The lowest BCUT2D eigenvalue weighted by molar-refractivity contribution is -0.383. The van der Waals surface area contributed by atoms with Crippen molar-refractivity contribution >= 4 is 23.0 Å². The van der Waals surface area contributed by atoms with Gasteiger partial charge in [-0.2, -0.15) is 0 Å². The second-order valence-corrected chi connectivity index (χ2v) is 4.38. The Morgan fingerprint density at radius 1 is 1.47 bits per heavy atom. The lowest BCUT2D eigenvalue weighted by Gasteiger charge is -2.11. The fourth-order valence-electron chi connectivity index (χ4n) is 1.46. The van der Waals surface area contributed by atoms with Crippen molar-refractivity contribution in [3.63, 3.8) is 0 Å². The van der Waals surface area contributed by atoms with Gasteiger partial charge in [0, 0.05) is 6.54 Å². The van der Waals surface area contributed by atoms with Crippen molar-refractivity contribution in [1.29, 1.82) is 0 Å². The summed E-state index contributed by atoms with van der Waals surface area (Å²) < 4.78 is 0. The summed E-state index contributed by atoms with van der Waals surface area (Å²) in [6.45, 7) is 1.61. The first-order valence-corrected chi connectivity index (χ1v) is 5.71. The first-order valence-electron chi connectivity index (χ1n) is 5.34. The van der Waals surface area contributed by atoms with Gasteiger partial charge in [0.15, 0.2) is 0 Å². The molecule has 0 aromatic heterocycles. The average Bonchev–Trinajstić information content (AvgIpc) is 2.23. The number of nitro groups is 1. The molecular formula is C11H16ClN3O2. The summed E-state index contributed by atoms with van der Waals surface area (Å²) in [5.41, 5.74) is 0.417. The van der Waals surface area contributed by atoms with E-state index >= 15 is 0 Å². The molecule has 1 N–H and O–H groups in total. The van der Waals surface area contributed by atoms with Gasteiger partial charge in [0.1, 0.15) is 10.7 Å². The molecule has 1 rings (SSSR count). The molecule has 17 heavy (non-hydrogen) atoms. The number of anilines is 1. The van der Waals surface area contributed by atoms with Crippen LogP contribution in [0.4, 0.5) is 11.4 Å². The molecule has 0 atom stereocenters. The Morgan fingerprint density at radius 2 is 2.18 bits per heavy atom. The van der Waals surface area contributed by atoms with Gasteiger partial charge in [-0.3, -0.25) is 10.1 Å². The van der Waals surface area contributed by atoms with Crippen molar-refractivity contribution in [1.82, 2.24) is 4.90 Å². The van der Waals surface area contributed by atoms with E-state index in [1.807, 2.05) is 14.1 Å². The summed E-state index contributed by atoms with van der Waals surface area (Å²) in [5.74, 6) is 0. The fourth-order valence-corrected chi connectivity index (χ4v) is 1.71. The molecule has 0 heterocycles. The van der Waals surface area contributed by atoms with E-state index in [0.717, 1.165) is 13.0 Å². The predicted octanol–water partition coefficient (Wildman–Crippen LogP) is 2.61. The molecule has 0 spiro atoms. The van der Waals surface area contributed by atoms with Gasteiger partial charge in [0.2, 0.25) is 0 Å². The van der Waals surface area contributed by atoms with Crippen LogP contribution < -0.4 is 5.32 Å². The van der Waals surface area contributed by atoms with E-state index < -0.39 is 4.92 Å². The molecule has 0 aliphatic rings. The fraction of sp³-hybridized carbons (Fsp3) is 0.455. The van der Waals surface area contributed by atoms with Crippen LogP contribution in [-0.2, 0) is 0 Å². The molecule has 0 fully saturated rings. The number of hydrogen-bond acceptors (Lipinski definition) is 4. The van der Waals surface area contributed by atoms with E-state index in [0.29, 0.717) is 12.2 Å². The number of hydrogen-bond donors (Lipinski definition) is 1. The van der Waals surface area contributed by atoms with Crippen molar-refractivity contribution in [3.8, 4) is 0 Å². The molecule has 1 aromatic carbocycles. The zero-order valence-corrected chi connectivity index (χ0v) is 10.7. The molecule has 0 amide bonds. The van der Waals surface area contributed by atoms with E-state index in [4.69, 9.17) is 11.6 Å². The molecule has 0 saturated carbocycles. The highest BCUT2D eigenvalue weighted by atomic mass is 35.5. The Labute approximate surface area is 106 Å². The number of benzene rings is 1. The third-order valence-corrected chi connectivity index (χ3v) is 2.57. The minimum Gasteiger partial charge on any atom is -0.379 e. The van der Waals surface area contributed by atoms with Crippen LogP contribution in [0, 0.1) is 10.1 Å². The number of rotatable bonds is 6. The van der Waals surface area contributed by atoms with Crippen molar-refractivity contribution < 1.29 is 4.92 Å². The molecule has 0 radical (unpaired) electrons. The lowest BCUT2D eigenvalue weighted by Crippen LogP contribution is -2.16. The topological polar surface area (TPSA) is 58.4 Å². The third-order valence-electron chi connectivity index (χ3n) is 2.27. The zero-order valence-electron chi connectivity index (χ0n) is 9.94. The molecule has 0 bridgehead atoms. The second-order valence-electron chi connectivity index (χ2n) is 3.98. The highest BCUT2D eigenvalue weighted by molar-refractivity contribution is 6.33. The van der Waals surface area contributed by atoms with Gasteiger partial charge in [-0.15, -0.1) is 0 Å². The summed E-state index contributed by atoms with van der Waals surface area (Å²) in [6, 6.07) is 4.88. The molecule has 94 valence electrons. The highest BCUT2D eigenvalue weighted by Gasteiger charge is 2.17. The molecule has 5 nitrogen and oxygen atoms in total. The number of nitro benzene ring substituents is 1. The lowest BCUT2D eigenvalue weighted by atomic mass is 10.2. The van der Waals surface area contributed by atoms with Gasteiger partial charge >= 0.3 is 5.69 Å². The maximum absolute atomic E-state index is 10.9. The van der Waals surface area contributed by atoms with Crippen LogP contribution in [-0.4, -0.2) is 37.0 Å². The number of halogens is 1. The monoisotopic (exact) mass is 257 g/mol. The van der Waals surface area contributed by atoms with E-state index in [9.17, 15) is 10.1 Å². The first kappa shape index (κ1) is 13.7. The van der Waals surface area contributed by atoms with Gasteiger partial charge in [-0.1, -0.05) is 17.7 Å². The normalized spacial score (nSPS) is 10.6. The van der Waals surface area contributed by atoms with E-state index in [1.165, 1.54) is 6.07 Å². The standard InChI is InChI=1S/C11H16ClN3O2/c1-14(2)8-4-7-13-10-6-3-5-9(12)11(10)15(16)17/h3,5-6,13H,4,7-8H2,1-2H3. The van der Waals surface area contributed by atoms with Gasteiger partial charge < -0.3 is 10.2 Å². The third kappa shape index (κ3) is 4.20. The second kappa shape index (κ2) is 6.42. The maximum atomic E-state index is 10.9. The van der Waals surface area contributed by atoms with Crippen LogP contribution >= 0.6 is 11.6 Å². The summed E-state index contributed by atoms with van der Waals surface area (Å²) >= 11 is 5.80. The van der Waals surface area contributed by atoms with Gasteiger partial charge in [-0.25, -0.2) is 0 Å². The zero-order chi connectivity index (χ0) is 12.8. The van der Waals surface area contributed by atoms with Crippen LogP contribution in [0.25, 0.3) is 0 Å². The molecule has 0 aliphatic carbocycles. The molecular weight excluding hydrogens is 242 g/mol. The average molecular weight is 258 g/mol. The smallest absolute Gasteiger partial charge is 0.310 e. The van der Waals surface area contributed by atoms with E-state index in [1.54, 1.807) is 12.1 Å². The van der Waals surface area contributed by atoms with Crippen molar-refractivity contribution in [2.45, 2.75) is 6.42 Å². The quantitative estimate of drug-likeness (QED) is 0.484. The summed E-state index contributed by atoms with van der Waals surface area (Å²) in [4.78, 5) is 12.5. The van der Waals surface area contributed by atoms with Crippen LogP contribution in [0.2, 0.25) is 5.02 Å². The summed E-state index contributed by atoms with van der Waals surface area (Å²) in [7, 11) is 3.98. The van der Waals surface area contributed by atoms with Crippen LogP contribution in [0.5, 0.6) is 0 Å². The van der Waals surface area contributed by atoms with Crippen molar-refractivity contribution in [2.24, 2.45) is 0 Å². The Hall–Kier alpha value is -1.33. The van der Waals surface area contributed by atoms with Gasteiger partial charge in [0.25, 0.3) is 0 Å². The first-order chi connectivity index (χ1) is 8.02. The Bertz CT molecular complexity index is 396. The molecule has 0 unspecified atom stereocenters. The maximum Gasteiger partial charge on any atom is 0.310 e. The Morgan fingerprint density at radius 3 is 2.76 bits per heavy atom. The largest absolute Gasteiger partial charge is 0.379 e. The minimum atomic E-state index is -0.462. The number of nitrogens with zero attached hydrogens (tertiary/aromatic N) is 2. The van der Waals surface area contributed by atoms with Crippen LogP contribution in [0.3, 0.4) is 0 Å². The Kier molecular flexibility index (Phi) is 5.18. The SMILES string of the molecule is CN(C)CCCNc1cccc(Cl)c1[N+](=O)[O-]. The minimum absolute atomic E-state index is 0.0565. The molecule has 0 aliphatic heterocycles. The molecule has 0 saturated heterocycles. The predicted molar refractivity (Wildman–Crippen MR) is 69.8 cm³/mol. The van der Waals surface area contributed by atoms with E-state index in [-0.39, 0.29) is 10.7 Å². The van der Waals surface area contributed by atoms with Gasteiger partial charge in [-0.05, 0) is 39.2 Å². The van der Waals surface area contributed by atoms with Gasteiger partial charge in [0.05, 0.1) is 4.92 Å². The van der Waals surface area contributed by atoms with Crippen molar-refractivity contribution in [2.75, 3.05) is 32.5 Å². The number of nitrogens with one attached hydrogen (secondary N) is 1. The van der Waals surface area contributed by atoms with E-state index in [2.05, 4.69) is 10.2 Å². The summed E-state index contributed by atoms with van der Waals surface area (Å²) in [6.07, 6.45) is 0.913. The number of para-hydroxylation sites is 1. The summed E-state index contributed by atoms with van der Waals surface area (Å²) in [5, 5.41) is 14.1.